The van der Waals surface area contributed by atoms with Crippen molar-refractivity contribution >= 4 is 21.6 Å². The number of likely N-dealkylation sites (N-methyl/N-ethyl adjacent to an activating group) is 1. The van der Waals surface area contributed by atoms with Crippen LogP contribution in [-0.4, -0.2) is 26.9 Å². The third-order valence-corrected chi connectivity index (χ3v) is 5.95. The van der Waals surface area contributed by atoms with E-state index in [0.717, 1.165) is 16.7 Å². The molecule has 1 unspecified atom stereocenters. The van der Waals surface area contributed by atoms with E-state index in [9.17, 15) is 13.7 Å². The zero-order chi connectivity index (χ0) is 18.4. The molecule has 0 aromatic heterocycles. The van der Waals surface area contributed by atoms with Gasteiger partial charge in [-0.15, -0.1) is 0 Å². The van der Waals surface area contributed by atoms with E-state index < -0.39 is 10.0 Å². The summed E-state index contributed by atoms with van der Waals surface area (Å²) in [6, 6.07) is 10.9. The van der Waals surface area contributed by atoms with Crippen molar-refractivity contribution in [2.45, 2.75) is 24.3 Å². The number of halogens is 1. The van der Waals surface area contributed by atoms with E-state index in [1.54, 1.807) is 19.1 Å². The summed E-state index contributed by atoms with van der Waals surface area (Å²) < 4.78 is 23.7. The van der Waals surface area contributed by atoms with Gasteiger partial charge in [-0.1, -0.05) is 23.7 Å². The van der Waals surface area contributed by atoms with Crippen LogP contribution in [0.4, 0.5) is 0 Å². The Morgan fingerprint density at radius 3 is 2.68 bits per heavy atom. The van der Waals surface area contributed by atoms with Crippen LogP contribution in [0.15, 0.2) is 35.2 Å². The second-order valence-electron chi connectivity index (χ2n) is 6.40. The molecule has 3 rings (SSSR count). The quantitative estimate of drug-likeness (QED) is 0.874. The van der Waals surface area contributed by atoms with E-state index in [4.69, 9.17) is 16.7 Å². The molecular formula is C18H18ClN3O2S. The summed E-state index contributed by atoms with van der Waals surface area (Å²) in [6.07, 6.45) is 0. The molecule has 1 heterocycles. The van der Waals surface area contributed by atoms with E-state index in [2.05, 4.69) is 11.0 Å². The van der Waals surface area contributed by atoms with Crippen LogP contribution < -0.4 is 5.14 Å². The van der Waals surface area contributed by atoms with Crippen molar-refractivity contribution < 1.29 is 8.42 Å². The fourth-order valence-corrected chi connectivity index (χ4v) is 4.61. The van der Waals surface area contributed by atoms with E-state index in [1.165, 1.54) is 6.07 Å². The molecule has 1 atom stereocenters. The Morgan fingerprint density at radius 2 is 2.04 bits per heavy atom. The van der Waals surface area contributed by atoms with Crippen molar-refractivity contribution in [2.75, 3.05) is 13.6 Å². The number of nitrogens with zero attached hydrogens (tertiary/aromatic N) is 2. The highest BCUT2D eigenvalue weighted by Gasteiger charge is 2.29. The highest BCUT2D eigenvalue weighted by molar-refractivity contribution is 7.89. The van der Waals surface area contributed by atoms with Crippen molar-refractivity contribution in [1.82, 2.24) is 4.90 Å². The number of fused-ring (bicyclic) bond motifs is 1. The maximum atomic E-state index is 11.9. The van der Waals surface area contributed by atoms with E-state index >= 15 is 0 Å². The molecule has 2 N–H and O–H groups in total. The van der Waals surface area contributed by atoms with E-state index in [-0.39, 0.29) is 10.8 Å². The number of rotatable bonds is 2. The number of nitriles is 1. The fourth-order valence-electron chi connectivity index (χ4n) is 3.57. The molecule has 0 saturated carbocycles. The molecule has 1 aliphatic heterocycles. The van der Waals surface area contributed by atoms with Crippen LogP contribution in [0.2, 0.25) is 5.02 Å². The lowest BCUT2D eigenvalue weighted by Gasteiger charge is -2.34. The predicted octanol–water partition coefficient (Wildman–Crippen LogP) is 2.74. The second kappa shape index (κ2) is 6.43. The number of primary sulfonamides is 1. The largest absolute Gasteiger partial charge is 0.301 e. The Hall–Kier alpha value is -1.91. The lowest BCUT2D eigenvalue weighted by Crippen LogP contribution is -2.32. The van der Waals surface area contributed by atoms with Crippen LogP contribution in [0.5, 0.6) is 0 Å². The fraction of sp³-hybridized carbons (Fsp3) is 0.278. The molecule has 0 fully saturated rings. The summed E-state index contributed by atoms with van der Waals surface area (Å²) >= 11 is 6.21. The predicted molar refractivity (Wildman–Crippen MR) is 96.9 cm³/mol. The Bertz CT molecular complexity index is 996. The maximum absolute atomic E-state index is 11.9. The van der Waals surface area contributed by atoms with Crippen LogP contribution in [0.3, 0.4) is 0 Å². The zero-order valence-corrected chi connectivity index (χ0v) is 15.5. The Morgan fingerprint density at radius 1 is 1.32 bits per heavy atom. The molecule has 25 heavy (non-hydrogen) atoms. The highest BCUT2D eigenvalue weighted by Crippen LogP contribution is 2.38. The van der Waals surface area contributed by atoms with Gasteiger partial charge >= 0.3 is 0 Å². The first-order valence-electron chi connectivity index (χ1n) is 7.75. The third-order valence-electron chi connectivity index (χ3n) is 4.68. The van der Waals surface area contributed by atoms with Gasteiger partial charge in [0.2, 0.25) is 10.0 Å². The zero-order valence-electron chi connectivity index (χ0n) is 14.0. The average molecular weight is 376 g/mol. The summed E-state index contributed by atoms with van der Waals surface area (Å²) in [6.45, 7) is 3.12. The smallest absolute Gasteiger partial charge is 0.238 e. The molecule has 0 saturated heterocycles. The molecule has 0 radical (unpaired) electrons. The van der Waals surface area contributed by atoms with Gasteiger partial charge in [-0.3, -0.25) is 0 Å². The summed E-state index contributed by atoms with van der Waals surface area (Å²) in [5, 5.41) is 15.3. The lowest BCUT2D eigenvalue weighted by atomic mass is 9.81. The van der Waals surface area contributed by atoms with Gasteiger partial charge in [0.05, 0.1) is 16.5 Å². The first kappa shape index (κ1) is 17.9. The van der Waals surface area contributed by atoms with Crippen LogP contribution in [0.25, 0.3) is 0 Å². The molecule has 0 spiro atoms. The molecule has 2 aromatic rings. The molecule has 0 aliphatic carbocycles. The lowest BCUT2D eigenvalue weighted by molar-refractivity contribution is 0.294. The number of sulfonamides is 1. The molecular weight excluding hydrogens is 358 g/mol. The molecule has 130 valence electrons. The van der Waals surface area contributed by atoms with Gasteiger partial charge in [-0.05, 0) is 54.4 Å². The van der Waals surface area contributed by atoms with Gasteiger partial charge < -0.3 is 4.90 Å². The van der Waals surface area contributed by atoms with Gasteiger partial charge in [0, 0.05) is 24.0 Å². The van der Waals surface area contributed by atoms with Crippen LogP contribution in [0.1, 0.15) is 33.7 Å². The Labute approximate surface area is 152 Å². The first-order valence-corrected chi connectivity index (χ1v) is 9.68. The minimum atomic E-state index is -3.80. The second-order valence-corrected chi connectivity index (χ2v) is 8.36. The van der Waals surface area contributed by atoms with Crippen LogP contribution in [-0.2, 0) is 16.6 Å². The summed E-state index contributed by atoms with van der Waals surface area (Å²) in [4.78, 5) is 2.24. The standard InChI is InChI=1S/C18H18ClN3O2S/c1-11-14(4-3-5-18(11)25(21,23)24)17-10-22(2)9-16-12(8-20)6-13(19)7-15(16)17/h3-7,17H,9-10H2,1-2H3,(H2,21,23,24). The van der Waals surface area contributed by atoms with Gasteiger partial charge in [-0.2, -0.15) is 5.26 Å². The average Bonchev–Trinajstić information content (AvgIpc) is 2.53. The van der Waals surface area contributed by atoms with Crippen molar-refractivity contribution in [3.05, 3.63) is 63.2 Å². The third kappa shape index (κ3) is 3.29. The number of benzene rings is 2. The van der Waals surface area contributed by atoms with Crippen molar-refractivity contribution in [3.8, 4) is 6.07 Å². The van der Waals surface area contributed by atoms with E-state index in [1.807, 2.05) is 19.2 Å². The van der Waals surface area contributed by atoms with Crippen molar-refractivity contribution in [1.29, 1.82) is 5.26 Å². The maximum Gasteiger partial charge on any atom is 0.238 e. The monoisotopic (exact) mass is 375 g/mol. The molecule has 7 heteroatoms. The van der Waals surface area contributed by atoms with Crippen LogP contribution >= 0.6 is 11.6 Å². The molecule has 5 nitrogen and oxygen atoms in total. The SMILES string of the molecule is Cc1c(C2CN(C)Cc3c(C#N)cc(Cl)cc32)cccc1S(N)(=O)=O. The summed E-state index contributed by atoms with van der Waals surface area (Å²) in [5.74, 6) is -0.0822. The molecule has 1 aliphatic rings. The first-order chi connectivity index (χ1) is 11.7. The number of hydrogen-bond acceptors (Lipinski definition) is 4. The molecule has 0 amide bonds. The summed E-state index contributed by atoms with van der Waals surface area (Å²) in [5.41, 5.74) is 3.97. The summed E-state index contributed by atoms with van der Waals surface area (Å²) in [7, 11) is -1.82. The highest BCUT2D eigenvalue weighted by atomic mass is 35.5. The number of nitrogens with two attached hydrogens (primary N) is 1. The minimum Gasteiger partial charge on any atom is -0.301 e. The van der Waals surface area contributed by atoms with Crippen LogP contribution in [0, 0.1) is 18.3 Å². The Kier molecular flexibility index (Phi) is 4.60. The van der Waals surface area contributed by atoms with E-state index in [0.29, 0.717) is 29.2 Å². The van der Waals surface area contributed by atoms with Gasteiger partial charge in [0.25, 0.3) is 0 Å². The van der Waals surface area contributed by atoms with Gasteiger partial charge in [0.15, 0.2) is 0 Å². The van der Waals surface area contributed by atoms with Crippen molar-refractivity contribution in [3.63, 3.8) is 0 Å². The van der Waals surface area contributed by atoms with Gasteiger partial charge in [-0.25, -0.2) is 13.6 Å². The topological polar surface area (TPSA) is 87.2 Å². The van der Waals surface area contributed by atoms with Gasteiger partial charge in [0.1, 0.15) is 0 Å². The number of hydrogen-bond donors (Lipinski definition) is 1. The minimum absolute atomic E-state index is 0.0822. The molecule has 0 bridgehead atoms. The Balaban J connectivity index is 2.25. The van der Waals surface area contributed by atoms with Crippen molar-refractivity contribution in [2.24, 2.45) is 5.14 Å². The molecule has 2 aromatic carbocycles. The normalized spacial score (nSPS) is 17.8.